The first-order valence-corrected chi connectivity index (χ1v) is 7.34. The number of piperidine rings is 1. The molecule has 3 rings (SSSR count). The highest BCUT2D eigenvalue weighted by Gasteiger charge is 2.40. The second kappa shape index (κ2) is 5.39. The Bertz CT molecular complexity index is 458. The molecule has 6 heteroatoms. The van der Waals surface area contributed by atoms with Gasteiger partial charge in [-0.05, 0) is 12.2 Å². The van der Waals surface area contributed by atoms with Crippen LogP contribution in [-0.2, 0) is 14.3 Å². The zero-order valence-electron chi connectivity index (χ0n) is 11.2. The molecule has 2 aliphatic heterocycles. The number of nitrogens with zero attached hydrogens (tertiary/aromatic N) is 1. The van der Waals surface area contributed by atoms with Crippen LogP contribution in [0.15, 0.2) is 23.4 Å². The van der Waals surface area contributed by atoms with Crippen molar-refractivity contribution in [2.75, 3.05) is 26.3 Å². The van der Waals surface area contributed by atoms with Crippen LogP contribution in [-0.4, -0.2) is 53.4 Å². The van der Waals surface area contributed by atoms with Crippen LogP contribution in [0, 0.1) is 0 Å². The Morgan fingerprint density at radius 3 is 2.50 bits per heavy atom. The summed E-state index contributed by atoms with van der Waals surface area (Å²) in [5.74, 6) is -1.29. The van der Waals surface area contributed by atoms with Gasteiger partial charge in [0.15, 0.2) is 5.79 Å². The highest BCUT2D eigenvalue weighted by molar-refractivity contribution is 6.23. The molecular formula is C14H18ClNO4. The number of carboxylic acids is 1. The molecule has 110 valence electrons. The first kappa shape index (κ1) is 13.9. The van der Waals surface area contributed by atoms with Gasteiger partial charge in [-0.1, -0.05) is 0 Å². The quantitative estimate of drug-likeness (QED) is 0.787. The molecule has 2 saturated heterocycles. The zero-order valence-corrected chi connectivity index (χ0v) is 11.9. The third kappa shape index (κ3) is 2.57. The van der Waals surface area contributed by atoms with E-state index in [1.165, 1.54) is 0 Å². The van der Waals surface area contributed by atoms with Crippen molar-refractivity contribution < 1.29 is 19.4 Å². The van der Waals surface area contributed by atoms with Gasteiger partial charge in [0.2, 0.25) is 0 Å². The molecule has 0 saturated carbocycles. The summed E-state index contributed by atoms with van der Waals surface area (Å²) in [4.78, 5) is 13.2. The molecule has 0 aromatic carbocycles. The molecule has 2 fully saturated rings. The largest absolute Gasteiger partial charge is 0.478 e. The lowest BCUT2D eigenvalue weighted by Crippen LogP contribution is -2.46. The van der Waals surface area contributed by atoms with E-state index in [9.17, 15) is 4.79 Å². The van der Waals surface area contributed by atoms with E-state index in [0.717, 1.165) is 31.6 Å². The molecule has 1 unspecified atom stereocenters. The molecule has 1 aliphatic carbocycles. The standard InChI is InChI=1S/C14H18ClNO4/c15-11-9-10(13(17)18)1-2-12(11)16-5-3-14(4-6-16)19-7-8-20-14/h1-2,11H,3-9H2,(H,17,18). The Kier molecular flexibility index (Phi) is 3.75. The van der Waals surface area contributed by atoms with Crippen molar-refractivity contribution in [3.63, 3.8) is 0 Å². The fourth-order valence-electron chi connectivity index (χ4n) is 3.01. The molecule has 3 aliphatic rings. The number of rotatable bonds is 2. The van der Waals surface area contributed by atoms with Crippen LogP contribution in [0.25, 0.3) is 0 Å². The molecule has 1 spiro atoms. The van der Waals surface area contributed by atoms with Gasteiger partial charge in [-0.2, -0.15) is 0 Å². The van der Waals surface area contributed by atoms with E-state index in [1.807, 2.05) is 6.08 Å². The van der Waals surface area contributed by atoms with Gasteiger partial charge < -0.3 is 19.5 Å². The SMILES string of the molecule is O=C(O)C1=CC=C(N2CCC3(CC2)OCCO3)C(Cl)C1. The molecule has 0 aromatic rings. The lowest BCUT2D eigenvalue weighted by atomic mass is 9.98. The number of hydrogen-bond donors (Lipinski definition) is 1. The van der Waals surface area contributed by atoms with Gasteiger partial charge in [0.25, 0.3) is 0 Å². The topological polar surface area (TPSA) is 59.0 Å². The minimum absolute atomic E-state index is 0.273. The maximum absolute atomic E-state index is 10.9. The van der Waals surface area contributed by atoms with Crippen LogP contribution in [0.4, 0.5) is 0 Å². The number of halogens is 1. The first-order chi connectivity index (χ1) is 9.60. The Morgan fingerprint density at radius 2 is 1.95 bits per heavy atom. The monoisotopic (exact) mass is 299 g/mol. The summed E-state index contributed by atoms with van der Waals surface area (Å²) in [6, 6.07) is 0. The summed E-state index contributed by atoms with van der Waals surface area (Å²) in [5, 5.41) is 8.72. The Labute approximate surface area is 122 Å². The molecule has 0 aromatic heterocycles. The van der Waals surface area contributed by atoms with Crippen molar-refractivity contribution in [1.82, 2.24) is 4.90 Å². The number of aliphatic carboxylic acids is 1. The summed E-state index contributed by atoms with van der Waals surface area (Å²) in [6.45, 7) is 2.99. The number of allylic oxidation sites excluding steroid dienone is 3. The third-order valence-electron chi connectivity index (χ3n) is 4.15. The van der Waals surface area contributed by atoms with E-state index < -0.39 is 11.8 Å². The normalized spacial score (nSPS) is 29.2. The van der Waals surface area contributed by atoms with E-state index in [4.69, 9.17) is 26.2 Å². The van der Waals surface area contributed by atoms with Gasteiger partial charge in [0.1, 0.15) is 0 Å². The van der Waals surface area contributed by atoms with Gasteiger partial charge in [-0.25, -0.2) is 4.79 Å². The predicted octanol–water partition coefficient (Wildman–Crippen LogP) is 1.73. The molecule has 0 amide bonds. The third-order valence-corrected chi connectivity index (χ3v) is 4.53. The molecule has 1 atom stereocenters. The summed E-state index contributed by atoms with van der Waals surface area (Å²) in [5.41, 5.74) is 1.37. The Hall–Kier alpha value is -1.04. The van der Waals surface area contributed by atoms with Crippen LogP contribution < -0.4 is 0 Å². The van der Waals surface area contributed by atoms with E-state index in [2.05, 4.69) is 4.90 Å². The highest BCUT2D eigenvalue weighted by atomic mass is 35.5. The van der Waals surface area contributed by atoms with Gasteiger partial charge in [-0.3, -0.25) is 0 Å². The van der Waals surface area contributed by atoms with Crippen molar-refractivity contribution in [2.24, 2.45) is 0 Å². The predicted molar refractivity (Wildman–Crippen MR) is 73.5 cm³/mol. The highest BCUT2D eigenvalue weighted by Crippen LogP contribution is 2.35. The van der Waals surface area contributed by atoms with E-state index in [0.29, 0.717) is 25.2 Å². The first-order valence-electron chi connectivity index (χ1n) is 6.91. The number of hydrogen-bond acceptors (Lipinski definition) is 4. The van der Waals surface area contributed by atoms with E-state index in [-0.39, 0.29) is 5.38 Å². The molecule has 0 radical (unpaired) electrons. The molecular weight excluding hydrogens is 282 g/mol. The van der Waals surface area contributed by atoms with Crippen LogP contribution in [0.2, 0.25) is 0 Å². The van der Waals surface area contributed by atoms with Crippen molar-refractivity contribution in [2.45, 2.75) is 30.4 Å². The number of likely N-dealkylation sites (tertiary alicyclic amines) is 1. The molecule has 5 nitrogen and oxygen atoms in total. The molecule has 1 N–H and O–H groups in total. The minimum atomic E-state index is -0.892. The lowest BCUT2D eigenvalue weighted by Gasteiger charge is -2.41. The fourth-order valence-corrected chi connectivity index (χ4v) is 3.39. The zero-order chi connectivity index (χ0) is 14.2. The Morgan fingerprint density at radius 1 is 1.30 bits per heavy atom. The maximum Gasteiger partial charge on any atom is 0.331 e. The summed E-state index contributed by atoms with van der Waals surface area (Å²) < 4.78 is 11.4. The average Bonchev–Trinajstić information content (AvgIpc) is 2.88. The van der Waals surface area contributed by atoms with Gasteiger partial charge >= 0.3 is 5.97 Å². The molecule has 20 heavy (non-hydrogen) atoms. The maximum atomic E-state index is 10.9. The second-order valence-electron chi connectivity index (χ2n) is 5.35. The molecule has 0 bridgehead atoms. The van der Waals surface area contributed by atoms with Crippen molar-refractivity contribution >= 4 is 17.6 Å². The summed E-state index contributed by atoms with van der Waals surface area (Å²) >= 11 is 6.33. The smallest absolute Gasteiger partial charge is 0.331 e. The second-order valence-corrected chi connectivity index (χ2v) is 5.88. The lowest BCUT2D eigenvalue weighted by molar-refractivity contribution is -0.182. The van der Waals surface area contributed by atoms with Crippen LogP contribution >= 0.6 is 11.6 Å². The van der Waals surface area contributed by atoms with E-state index in [1.54, 1.807) is 6.08 Å². The van der Waals surface area contributed by atoms with Gasteiger partial charge in [0.05, 0.1) is 18.6 Å². The van der Waals surface area contributed by atoms with Crippen LogP contribution in [0.3, 0.4) is 0 Å². The van der Waals surface area contributed by atoms with Gasteiger partial charge in [-0.15, -0.1) is 11.6 Å². The minimum Gasteiger partial charge on any atom is -0.478 e. The van der Waals surface area contributed by atoms with Gasteiger partial charge in [0, 0.05) is 43.6 Å². The fraction of sp³-hybridized carbons (Fsp3) is 0.643. The number of ether oxygens (including phenoxy) is 2. The number of alkyl halides is 1. The van der Waals surface area contributed by atoms with Crippen LogP contribution in [0.1, 0.15) is 19.3 Å². The average molecular weight is 300 g/mol. The summed E-state index contributed by atoms with van der Waals surface area (Å²) in [6.07, 6.45) is 5.51. The van der Waals surface area contributed by atoms with Crippen LogP contribution in [0.5, 0.6) is 0 Å². The molecule has 2 heterocycles. The Balaban J connectivity index is 1.67. The van der Waals surface area contributed by atoms with E-state index >= 15 is 0 Å². The number of carboxylic acid groups (broad SMARTS) is 1. The van der Waals surface area contributed by atoms with Crippen molar-refractivity contribution in [1.29, 1.82) is 0 Å². The number of carbonyl (C=O) groups is 1. The van der Waals surface area contributed by atoms with Crippen molar-refractivity contribution in [3.05, 3.63) is 23.4 Å². The summed E-state index contributed by atoms with van der Waals surface area (Å²) in [7, 11) is 0. The van der Waals surface area contributed by atoms with Crippen molar-refractivity contribution in [3.8, 4) is 0 Å².